The van der Waals surface area contributed by atoms with Gasteiger partial charge in [0.15, 0.2) is 0 Å². The van der Waals surface area contributed by atoms with Crippen molar-refractivity contribution in [3.8, 4) is 0 Å². The Bertz CT molecular complexity index is 666. The monoisotopic (exact) mass is 298 g/mol. The van der Waals surface area contributed by atoms with E-state index in [0.717, 1.165) is 11.4 Å². The van der Waals surface area contributed by atoms with Crippen LogP contribution < -0.4 is 10.6 Å². The molecule has 0 saturated carbocycles. The lowest BCUT2D eigenvalue weighted by molar-refractivity contribution is -0.114. The minimum absolute atomic E-state index is 0.117. The number of para-hydroxylation sites is 1. The maximum atomic E-state index is 11.9. The van der Waals surface area contributed by atoms with Gasteiger partial charge in [0.1, 0.15) is 0 Å². The van der Waals surface area contributed by atoms with Crippen LogP contribution in [-0.2, 0) is 9.53 Å². The van der Waals surface area contributed by atoms with Crippen LogP contribution in [0.3, 0.4) is 0 Å². The highest BCUT2D eigenvalue weighted by molar-refractivity contribution is 5.96. The van der Waals surface area contributed by atoms with Crippen molar-refractivity contribution in [2.24, 2.45) is 0 Å². The van der Waals surface area contributed by atoms with Crippen LogP contribution in [0, 0.1) is 0 Å². The molecule has 0 aliphatic carbocycles. The van der Waals surface area contributed by atoms with Crippen molar-refractivity contribution in [2.75, 3.05) is 17.2 Å². The number of rotatable bonds is 5. The number of hydrogen-bond acceptors (Lipinski definition) is 4. The summed E-state index contributed by atoms with van der Waals surface area (Å²) < 4.78 is 5.04. The molecule has 0 saturated heterocycles. The van der Waals surface area contributed by atoms with Crippen LogP contribution in [0.5, 0.6) is 0 Å². The van der Waals surface area contributed by atoms with Crippen LogP contribution in [0.1, 0.15) is 24.2 Å². The molecule has 0 unspecified atom stereocenters. The molecule has 0 aliphatic rings. The Morgan fingerprint density at radius 2 is 1.64 bits per heavy atom. The van der Waals surface area contributed by atoms with E-state index in [1.807, 2.05) is 24.3 Å². The Labute approximate surface area is 129 Å². The second-order valence-electron chi connectivity index (χ2n) is 4.65. The SMILES string of the molecule is CCOC(=O)c1ccccc1Nc1ccc(NC(C)=O)cc1. The highest BCUT2D eigenvalue weighted by Gasteiger charge is 2.11. The Balaban J connectivity index is 2.17. The Kier molecular flexibility index (Phi) is 5.14. The van der Waals surface area contributed by atoms with E-state index >= 15 is 0 Å². The fourth-order valence-electron chi connectivity index (χ4n) is 1.97. The van der Waals surface area contributed by atoms with Gasteiger partial charge in [0.25, 0.3) is 0 Å². The van der Waals surface area contributed by atoms with Crippen molar-refractivity contribution in [3.63, 3.8) is 0 Å². The zero-order valence-electron chi connectivity index (χ0n) is 12.6. The number of benzene rings is 2. The number of nitrogens with one attached hydrogen (secondary N) is 2. The molecule has 0 atom stereocenters. The smallest absolute Gasteiger partial charge is 0.340 e. The lowest BCUT2D eigenvalue weighted by Crippen LogP contribution is -2.08. The van der Waals surface area contributed by atoms with Gasteiger partial charge in [-0.25, -0.2) is 4.79 Å². The summed E-state index contributed by atoms with van der Waals surface area (Å²) in [6.45, 7) is 3.56. The van der Waals surface area contributed by atoms with Gasteiger partial charge >= 0.3 is 5.97 Å². The molecule has 2 aromatic carbocycles. The number of ether oxygens (including phenoxy) is 1. The first-order valence-electron chi connectivity index (χ1n) is 7.01. The summed E-state index contributed by atoms with van der Waals surface area (Å²) in [5, 5.41) is 5.88. The number of carbonyl (C=O) groups excluding carboxylic acids is 2. The van der Waals surface area contributed by atoms with E-state index in [-0.39, 0.29) is 11.9 Å². The Hall–Kier alpha value is -2.82. The molecule has 2 aromatic rings. The molecule has 0 aromatic heterocycles. The molecular formula is C17H18N2O3. The van der Waals surface area contributed by atoms with Gasteiger partial charge in [-0.15, -0.1) is 0 Å². The average Bonchev–Trinajstić information content (AvgIpc) is 2.49. The summed E-state index contributed by atoms with van der Waals surface area (Å²) in [5.74, 6) is -0.478. The van der Waals surface area contributed by atoms with Gasteiger partial charge in [-0.3, -0.25) is 4.79 Å². The van der Waals surface area contributed by atoms with Crippen molar-refractivity contribution in [1.29, 1.82) is 0 Å². The van der Waals surface area contributed by atoms with Gasteiger partial charge < -0.3 is 15.4 Å². The maximum absolute atomic E-state index is 11.9. The molecule has 0 heterocycles. The van der Waals surface area contributed by atoms with E-state index in [9.17, 15) is 9.59 Å². The molecule has 5 heteroatoms. The third-order valence-electron chi connectivity index (χ3n) is 2.91. The predicted octanol–water partition coefficient (Wildman–Crippen LogP) is 3.57. The second-order valence-corrected chi connectivity index (χ2v) is 4.65. The fraction of sp³-hybridized carbons (Fsp3) is 0.176. The maximum Gasteiger partial charge on any atom is 0.340 e. The molecule has 0 fully saturated rings. The first kappa shape index (κ1) is 15.6. The van der Waals surface area contributed by atoms with Crippen LogP contribution in [0.4, 0.5) is 17.1 Å². The van der Waals surface area contributed by atoms with Crippen LogP contribution in [0.2, 0.25) is 0 Å². The van der Waals surface area contributed by atoms with E-state index in [1.54, 1.807) is 31.2 Å². The summed E-state index contributed by atoms with van der Waals surface area (Å²) in [6, 6.07) is 14.4. The summed E-state index contributed by atoms with van der Waals surface area (Å²) in [6.07, 6.45) is 0. The van der Waals surface area contributed by atoms with Gasteiger partial charge in [0.2, 0.25) is 5.91 Å². The lowest BCUT2D eigenvalue weighted by atomic mass is 10.1. The lowest BCUT2D eigenvalue weighted by Gasteiger charge is -2.12. The van der Waals surface area contributed by atoms with Gasteiger partial charge in [0.05, 0.1) is 17.9 Å². The molecule has 114 valence electrons. The van der Waals surface area contributed by atoms with Crippen LogP contribution in [0.15, 0.2) is 48.5 Å². The standard InChI is InChI=1S/C17H18N2O3/c1-3-22-17(21)15-6-4-5-7-16(15)19-14-10-8-13(9-11-14)18-12(2)20/h4-11,19H,3H2,1-2H3,(H,18,20). The van der Waals surface area contributed by atoms with Crippen molar-refractivity contribution < 1.29 is 14.3 Å². The van der Waals surface area contributed by atoms with E-state index in [4.69, 9.17) is 4.74 Å². The fourth-order valence-corrected chi connectivity index (χ4v) is 1.97. The van der Waals surface area contributed by atoms with E-state index in [2.05, 4.69) is 10.6 Å². The number of carbonyl (C=O) groups is 2. The summed E-state index contributed by atoms with van der Waals surface area (Å²) in [7, 11) is 0. The van der Waals surface area contributed by atoms with Crippen LogP contribution in [0.25, 0.3) is 0 Å². The molecule has 0 bridgehead atoms. The Morgan fingerprint density at radius 1 is 1.00 bits per heavy atom. The van der Waals surface area contributed by atoms with Gasteiger partial charge in [-0.05, 0) is 43.3 Å². The molecule has 0 spiro atoms. The quantitative estimate of drug-likeness (QED) is 0.828. The largest absolute Gasteiger partial charge is 0.462 e. The average molecular weight is 298 g/mol. The summed E-state index contributed by atoms with van der Waals surface area (Å²) >= 11 is 0. The first-order valence-corrected chi connectivity index (χ1v) is 7.01. The minimum Gasteiger partial charge on any atom is -0.462 e. The van der Waals surface area contributed by atoms with Crippen LogP contribution >= 0.6 is 0 Å². The van der Waals surface area contributed by atoms with E-state index < -0.39 is 0 Å². The predicted molar refractivity (Wildman–Crippen MR) is 86.4 cm³/mol. The van der Waals surface area contributed by atoms with Crippen molar-refractivity contribution in [2.45, 2.75) is 13.8 Å². The molecule has 2 N–H and O–H groups in total. The van der Waals surface area contributed by atoms with Gasteiger partial charge in [-0.2, -0.15) is 0 Å². The summed E-state index contributed by atoms with van der Waals surface area (Å²) in [4.78, 5) is 22.9. The normalized spacial score (nSPS) is 9.91. The number of esters is 1. The highest BCUT2D eigenvalue weighted by atomic mass is 16.5. The van der Waals surface area contributed by atoms with Gasteiger partial charge in [-0.1, -0.05) is 12.1 Å². The topological polar surface area (TPSA) is 67.4 Å². The highest BCUT2D eigenvalue weighted by Crippen LogP contribution is 2.23. The molecular weight excluding hydrogens is 280 g/mol. The van der Waals surface area contributed by atoms with E-state index in [1.165, 1.54) is 6.92 Å². The first-order chi connectivity index (χ1) is 10.6. The zero-order valence-corrected chi connectivity index (χ0v) is 12.6. The number of amides is 1. The third-order valence-corrected chi connectivity index (χ3v) is 2.91. The molecule has 0 radical (unpaired) electrons. The zero-order chi connectivity index (χ0) is 15.9. The number of hydrogen-bond donors (Lipinski definition) is 2. The summed E-state index contributed by atoms with van der Waals surface area (Å²) in [5.41, 5.74) is 2.69. The van der Waals surface area contributed by atoms with Gasteiger partial charge in [0, 0.05) is 18.3 Å². The number of anilines is 3. The van der Waals surface area contributed by atoms with Crippen molar-refractivity contribution in [3.05, 3.63) is 54.1 Å². The minimum atomic E-state index is -0.361. The van der Waals surface area contributed by atoms with E-state index in [0.29, 0.717) is 17.9 Å². The van der Waals surface area contributed by atoms with Crippen molar-refractivity contribution >= 4 is 28.9 Å². The molecule has 0 aliphatic heterocycles. The molecule has 2 rings (SSSR count). The molecule has 22 heavy (non-hydrogen) atoms. The second kappa shape index (κ2) is 7.26. The third kappa shape index (κ3) is 4.09. The van der Waals surface area contributed by atoms with Crippen molar-refractivity contribution in [1.82, 2.24) is 0 Å². The molecule has 5 nitrogen and oxygen atoms in total. The molecule has 1 amide bonds. The van der Waals surface area contributed by atoms with Crippen LogP contribution in [-0.4, -0.2) is 18.5 Å². The Morgan fingerprint density at radius 3 is 2.27 bits per heavy atom.